The van der Waals surface area contributed by atoms with Crippen LogP contribution in [0, 0.1) is 11.8 Å². The van der Waals surface area contributed by atoms with Gasteiger partial charge in [-0.05, 0) is 43.9 Å². The summed E-state index contributed by atoms with van der Waals surface area (Å²) < 4.78 is 6.81. The Kier molecular flexibility index (Phi) is 3.92. The highest BCUT2D eigenvalue weighted by molar-refractivity contribution is 5.00. The van der Waals surface area contributed by atoms with Gasteiger partial charge in [-0.1, -0.05) is 39.5 Å². The summed E-state index contributed by atoms with van der Waals surface area (Å²) in [5.41, 5.74) is 0.377. The minimum atomic E-state index is 0.173. The summed E-state index contributed by atoms with van der Waals surface area (Å²) in [7, 11) is 0. The quantitative estimate of drug-likeness (QED) is 0.776. The van der Waals surface area contributed by atoms with Crippen LogP contribution in [0.5, 0.6) is 0 Å². The van der Waals surface area contributed by atoms with Gasteiger partial charge in [0.15, 0.2) is 0 Å². The van der Waals surface area contributed by atoms with Crippen molar-refractivity contribution in [2.45, 2.75) is 82.8 Å². The first kappa shape index (κ1) is 13.9. The predicted octanol–water partition coefficient (Wildman–Crippen LogP) is 3.89. The molecule has 2 unspecified atom stereocenters. The Hall–Kier alpha value is -0.0800. The van der Waals surface area contributed by atoms with Crippen LogP contribution >= 0.6 is 0 Å². The molecule has 3 fully saturated rings. The van der Waals surface area contributed by atoms with E-state index in [1.165, 1.54) is 57.8 Å². The van der Waals surface area contributed by atoms with E-state index in [1.807, 2.05) is 0 Å². The summed E-state index contributed by atoms with van der Waals surface area (Å²) in [6, 6.07) is 0. The maximum atomic E-state index is 6.81. The van der Waals surface area contributed by atoms with Gasteiger partial charge in [-0.15, -0.1) is 0 Å². The normalized spacial score (nSPS) is 39.0. The van der Waals surface area contributed by atoms with Gasteiger partial charge in [-0.25, -0.2) is 0 Å². The Morgan fingerprint density at radius 2 is 1.53 bits per heavy atom. The molecule has 0 aromatic carbocycles. The molecule has 0 aromatic heterocycles. The lowest BCUT2D eigenvalue weighted by atomic mass is 9.86. The van der Waals surface area contributed by atoms with Gasteiger partial charge in [0.05, 0.1) is 11.2 Å². The molecule has 0 bridgehead atoms. The molecule has 3 rings (SSSR count). The third kappa shape index (κ3) is 2.85. The van der Waals surface area contributed by atoms with E-state index in [0.717, 1.165) is 24.9 Å². The fraction of sp³-hybridized carbons (Fsp3) is 1.00. The van der Waals surface area contributed by atoms with E-state index in [-0.39, 0.29) is 11.2 Å². The minimum absolute atomic E-state index is 0.173. The monoisotopic (exact) mass is 265 g/mol. The molecule has 1 N–H and O–H groups in total. The molecule has 3 aliphatic rings. The molecule has 2 nitrogen and oxygen atoms in total. The van der Waals surface area contributed by atoms with Crippen LogP contribution in [-0.2, 0) is 4.74 Å². The van der Waals surface area contributed by atoms with Crippen molar-refractivity contribution in [3.63, 3.8) is 0 Å². The van der Waals surface area contributed by atoms with Gasteiger partial charge < -0.3 is 10.1 Å². The van der Waals surface area contributed by atoms with Crippen LogP contribution in [0.4, 0.5) is 0 Å². The molecular weight excluding hydrogens is 234 g/mol. The van der Waals surface area contributed by atoms with Crippen LogP contribution in [0.1, 0.15) is 71.6 Å². The molecule has 0 aromatic rings. The van der Waals surface area contributed by atoms with Crippen molar-refractivity contribution in [1.29, 1.82) is 0 Å². The Morgan fingerprint density at radius 1 is 0.895 bits per heavy atom. The van der Waals surface area contributed by atoms with Crippen molar-refractivity contribution >= 4 is 0 Å². The molecule has 2 heteroatoms. The average molecular weight is 265 g/mol. The van der Waals surface area contributed by atoms with Crippen molar-refractivity contribution in [2.75, 3.05) is 13.1 Å². The summed E-state index contributed by atoms with van der Waals surface area (Å²) in [6.45, 7) is 6.98. The summed E-state index contributed by atoms with van der Waals surface area (Å²) in [5.74, 6) is 1.76. The molecular formula is C17H31NO. The van der Waals surface area contributed by atoms with Crippen molar-refractivity contribution in [3.05, 3.63) is 0 Å². The Labute approximate surface area is 118 Å². The smallest absolute Gasteiger partial charge is 0.0814 e. The third-order valence-electron chi connectivity index (χ3n) is 5.96. The van der Waals surface area contributed by atoms with Gasteiger partial charge in [-0.3, -0.25) is 0 Å². The van der Waals surface area contributed by atoms with Crippen LogP contribution in [-0.4, -0.2) is 24.3 Å². The number of hydrogen-bond donors (Lipinski definition) is 1. The van der Waals surface area contributed by atoms with Gasteiger partial charge >= 0.3 is 0 Å². The van der Waals surface area contributed by atoms with Gasteiger partial charge in [-0.2, -0.15) is 0 Å². The molecule has 0 amide bonds. The molecule has 1 aliphatic heterocycles. The molecule has 110 valence electrons. The molecule has 0 radical (unpaired) electrons. The molecule has 2 spiro atoms. The van der Waals surface area contributed by atoms with Crippen LogP contribution in [0.3, 0.4) is 0 Å². The van der Waals surface area contributed by atoms with E-state index in [9.17, 15) is 0 Å². The fourth-order valence-electron chi connectivity index (χ4n) is 4.70. The first-order chi connectivity index (χ1) is 9.13. The van der Waals surface area contributed by atoms with E-state index in [1.54, 1.807) is 0 Å². The summed E-state index contributed by atoms with van der Waals surface area (Å²) in [6.07, 6.45) is 12.0. The first-order valence-corrected chi connectivity index (χ1v) is 8.54. The molecule has 2 aliphatic carbocycles. The van der Waals surface area contributed by atoms with Gasteiger partial charge in [0, 0.05) is 13.1 Å². The van der Waals surface area contributed by atoms with Crippen LogP contribution in [0.15, 0.2) is 0 Å². The maximum Gasteiger partial charge on any atom is 0.0814 e. The second kappa shape index (κ2) is 5.37. The summed E-state index contributed by atoms with van der Waals surface area (Å²) >= 11 is 0. The molecule has 1 heterocycles. The van der Waals surface area contributed by atoms with E-state index >= 15 is 0 Å². The van der Waals surface area contributed by atoms with E-state index < -0.39 is 0 Å². The van der Waals surface area contributed by atoms with Crippen LogP contribution in [0.25, 0.3) is 0 Å². The zero-order chi connectivity index (χ0) is 13.3. The molecule has 2 atom stereocenters. The minimum Gasteiger partial charge on any atom is -0.366 e. The van der Waals surface area contributed by atoms with Crippen molar-refractivity contribution in [3.8, 4) is 0 Å². The highest BCUT2D eigenvalue weighted by Crippen LogP contribution is 2.44. The first-order valence-electron chi connectivity index (χ1n) is 8.54. The molecule has 2 saturated carbocycles. The van der Waals surface area contributed by atoms with E-state index in [2.05, 4.69) is 19.2 Å². The predicted molar refractivity (Wildman–Crippen MR) is 79.3 cm³/mol. The highest BCUT2D eigenvalue weighted by atomic mass is 16.5. The highest BCUT2D eigenvalue weighted by Gasteiger charge is 2.47. The van der Waals surface area contributed by atoms with Crippen molar-refractivity contribution in [2.24, 2.45) is 11.8 Å². The Bertz CT molecular complexity index is 308. The Balaban J connectivity index is 1.68. The molecule has 1 saturated heterocycles. The standard InChI is InChI=1S/C17H31NO/c1-14(2)15-6-5-10-17(11-7-15)13-18-12-16(19-17)8-3-4-9-16/h14-15,18H,3-13H2,1-2H3. The second-order valence-electron chi connectivity index (χ2n) is 7.71. The molecule has 19 heavy (non-hydrogen) atoms. The van der Waals surface area contributed by atoms with Crippen LogP contribution < -0.4 is 5.32 Å². The SMILES string of the molecule is CC(C)C1CCCC2(CC1)CNCC1(CCCC1)O2. The summed E-state index contributed by atoms with van der Waals surface area (Å²) in [4.78, 5) is 0. The van der Waals surface area contributed by atoms with E-state index in [0.29, 0.717) is 0 Å². The number of hydrogen-bond acceptors (Lipinski definition) is 2. The maximum absolute atomic E-state index is 6.81. The third-order valence-corrected chi connectivity index (χ3v) is 5.96. The number of morpholine rings is 1. The zero-order valence-corrected chi connectivity index (χ0v) is 12.8. The largest absolute Gasteiger partial charge is 0.366 e. The van der Waals surface area contributed by atoms with Gasteiger partial charge in [0.1, 0.15) is 0 Å². The fourth-order valence-corrected chi connectivity index (χ4v) is 4.70. The Morgan fingerprint density at radius 3 is 2.21 bits per heavy atom. The topological polar surface area (TPSA) is 21.3 Å². The lowest BCUT2D eigenvalue weighted by Crippen LogP contribution is -2.59. The number of nitrogens with one attached hydrogen (secondary N) is 1. The lowest BCUT2D eigenvalue weighted by molar-refractivity contribution is -0.181. The van der Waals surface area contributed by atoms with Crippen LogP contribution in [0.2, 0.25) is 0 Å². The van der Waals surface area contributed by atoms with Gasteiger partial charge in [0.2, 0.25) is 0 Å². The zero-order valence-electron chi connectivity index (χ0n) is 12.8. The summed E-state index contributed by atoms with van der Waals surface area (Å²) in [5, 5.41) is 3.72. The average Bonchev–Trinajstić information content (AvgIpc) is 2.70. The number of ether oxygens (including phenoxy) is 1. The van der Waals surface area contributed by atoms with Gasteiger partial charge in [0.25, 0.3) is 0 Å². The number of rotatable bonds is 1. The van der Waals surface area contributed by atoms with Crippen molar-refractivity contribution < 1.29 is 4.74 Å². The van der Waals surface area contributed by atoms with Crippen molar-refractivity contribution in [1.82, 2.24) is 5.32 Å². The lowest BCUT2D eigenvalue weighted by Gasteiger charge is -2.47. The van der Waals surface area contributed by atoms with E-state index in [4.69, 9.17) is 4.74 Å². The second-order valence-corrected chi connectivity index (χ2v) is 7.71.